The molecule has 0 bridgehead atoms. The third kappa shape index (κ3) is 2.38. The maximum absolute atomic E-state index is 10.5. The Morgan fingerprint density at radius 2 is 2.06 bits per heavy atom. The lowest BCUT2D eigenvalue weighted by atomic mass is 10.1. The SMILES string of the molecule is O=C(O)c1noc(Cc2ccc(Cl)cc2)n1. The van der Waals surface area contributed by atoms with Gasteiger partial charge in [0.25, 0.3) is 5.82 Å². The molecule has 6 heteroatoms. The van der Waals surface area contributed by atoms with Gasteiger partial charge in [0.15, 0.2) is 0 Å². The Hall–Kier alpha value is -1.88. The lowest BCUT2D eigenvalue weighted by molar-refractivity contribution is 0.0680. The van der Waals surface area contributed by atoms with Crippen molar-refractivity contribution in [3.8, 4) is 0 Å². The maximum Gasteiger partial charge on any atom is 0.377 e. The van der Waals surface area contributed by atoms with E-state index in [4.69, 9.17) is 21.2 Å². The predicted octanol–water partition coefficient (Wildman–Crippen LogP) is 2.01. The molecule has 0 fully saturated rings. The van der Waals surface area contributed by atoms with Crippen molar-refractivity contribution < 1.29 is 14.4 Å². The Morgan fingerprint density at radius 3 is 2.62 bits per heavy atom. The van der Waals surface area contributed by atoms with Crippen molar-refractivity contribution in [1.82, 2.24) is 10.1 Å². The molecule has 0 aliphatic carbocycles. The summed E-state index contributed by atoms with van der Waals surface area (Å²) in [6, 6.07) is 7.11. The van der Waals surface area contributed by atoms with Crippen LogP contribution in [0.1, 0.15) is 22.1 Å². The van der Waals surface area contributed by atoms with Crippen molar-refractivity contribution in [1.29, 1.82) is 0 Å². The number of benzene rings is 1. The highest BCUT2D eigenvalue weighted by molar-refractivity contribution is 6.30. The van der Waals surface area contributed by atoms with Crippen LogP contribution in [0.5, 0.6) is 0 Å². The highest BCUT2D eigenvalue weighted by Crippen LogP contribution is 2.12. The Labute approximate surface area is 95.7 Å². The molecule has 1 heterocycles. The van der Waals surface area contributed by atoms with Crippen molar-refractivity contribution in [3.63, 3.8) is 0 Å². The number of halogens is 1. The van der Waals surface area contributed by atoms with Crippen LogP contribution in [-0.2, 0) is 6.42 Å². The van der Waals surface area contributed by atoms with Gasteiger partial charge < -0.3 is 9.63 Å². The molecule has 0 saturated heterocycles. The topological polar surface area (TPSA) is 76.2 Å². The van der Waals surface area contributed by atoms with Crippen LogP contribution in [0.2, 0.25) is 5.02 Å². The number of carboxylic acids is 1. The molecule has 5 nitrogen and oxygen atoms in total. The van der Waals surface area contributed by atoms with Gasteiger partial charge in [-0.3, -0.25) is 0 Å². The predicted molar refractivity (Wildman–Crippen MR) is 55.5 cm³/mol. The molecular formula is C10H7ClN2O3. The first-order valence-electron chi connectivity index (χ1n) is 4.45. The van der Waals surface area contributed by atoms with E-state index in [2.05, 4.69) is 10.1 Å². The first-order chi connectivity index (χ1) is 7.65. The van der Waals surface area contributed by atoms with Gasteiger partial charge in [0.1, 0.15) is 0 Å². The van der Waals surface area contributed by atoms with E-state index in [0.29, 0.717) is 11.4 Å². The molecule has 2 rings (SSSR count). The molecule has 0 aliphatic rings. The van der Waals surface area contributed by atoms with E-state index in [9.17, 15) is 4.79 Å². The number of nitrogens with zero attached hydrogens (tertiary/aromatic N) is 2. The molecular weight excluding hydrogens is 232 g/mol. The summed E-state index contributed by atoms with van der Waals surface area (Å²) in [5.74, 6) is -1.27. The summed E-state index contributed by atoms with van der Waals surface area (Å²) in [6.45, 7) is 0. The molecule has 0 spiro atoms. The molecule has 0 amide bonds. The van der Waals surface area contributed by atoms with E-state index in [1.807, 2.05) is 12.1 Å². The number of rotatable bonds is 3. The minimum Gasteiger partial charge on any atom is -0.475 e. The highest BCUT2D eigenvalue weighted by atomic mass is 35.5. The lowest BCUT2D eigenvalue weighted by Crippen LogP contribution is -1.99. The molecule has 0 atom stereocenters. The van der Waals surface area contributed by atoms with Gasteiger partial charge in [-0.05, 0) is 22.9 Å². The quantitative estimate of drug-likeness (QED) is 0.885. The van der Waals surface area contributed by atoms with Gasteiger partial charge in [-0.15, -0.1) is 0 Å². The van der Waals surface area contributed by atoms with Crippen LogP contribution in [-0.4, -0.2) is 21.2 Å². The van der Waals surface area contributed by atoms with E-state index in [1.54, 1.807) is 12.1 Å². The van der Waals surface area contributed by atoms with Gasteiger partial charge >= 0.3 is 5.97 Å². The Balaban J connectivity index is 2.14. The second-order valence-corrected chi connectivity index (χ2v) is 3.56. The van der Waals surface area contributed by atoms with Crippen LogP contribution in [0.15, 0.2) is 28.8 Å². The van der Waals surface area contributed by atoms with E-state index in [0.717, 1.165) is 5.56 Å². The zero-order valence-corrected chi connectivity index (χ0v) is 8.81. The zero-order chi connectivity index (χ0) is 11.5. The van der Waals surface area contributed by atoms with Gasteiger partial charge in [0, 0.05) is 5.02 Å². The molecule has 0 aliphatic heterocycles. The normalized spacial score (nSPS) is 10.3. The van der Waals surface area contributed by atoms with E-state index in [-0.39, 0.29) is 11.7 Å². The van der Waals surface area contributed by atoms with Crippen LogP contribution in [0.25, 0.3) is 0 Å². The molecule has 1 aromatic carbocycles. The van der Waals surface area contributed by atoms with Crippen molar-refractivity contribution in [2.45, 2.75) is 6.42 Å². The number of aromatic nitrogens is 2. The van der Waals surface area contributed by atoms with Crippen LogP contribution in [0.4, 0.5) is 0 Å². The molecule has 16 heavy (non-hydrogen) atoms. The average molecular weight is 239 g/mol. The summed E-state index contributed by atoms with van der Waals surface area (Å²) >= 11 is 5.73. The summed E-state index contributed by atoms with van der Waals surface area (Å²) in [5, 5.41) is 12.6. The van der Waals surface area contributed by atoms with Crippen molar-refractivity contribution >= 4 is 17.6 Å². The molecule has 0 radical (unpaired) electrons. The molecule has 2 aromatic rings. The third-order valence-electron chi connectivity index (χ3n) is 1.93. The first-order valence-corrected chi connectivity index (χ1v) is 4.83. The Morgan fingerprint density at radius 1 is 1.38 bits per heavy atom. The van der Waals surface area contributed by atoms with Crippen molar-refractivity contribution in [2.75, 3.05) is 0 Å². The maximum atomic E-state index is 10.5. The van der Waals surface area contributed by atoms with E-state index in [1.165, 1.54) is 0 Å². The zero-order valence-electron chi connectivity index (χ0n) is 8.05. The number of aromatic carboxylic acids is 1. The minimum atomic E-state index is -1.20. The van der Waals surface area contributed by atoms with Crippen molar-refractivity contribution in [2.24, 2.45) is 0 Å². The monoisotopic (exact) mass is 238 g/mol. The molecule has 0 unspecified atom stereocenters. The molecule has 0 saturated carbocycles. The van der Waals surface area contributed by atoms with Crippen LogP contribution < -0.4 is 0 Å². The molecule has 1 N–H and O–H groups in total. The second kappa shape index (κ2) is 4.32. The molecule has 1 aromatic heterocycles. The number of carbonyl (C=O) groups is 1. The van der Waals surface area contributed by atoms with Crippen LogP contribution in [0.3, 0.4) is 0 Å². The van der Waals surface area contributed by atoms with E-state index < -0.39 is 5.97 Å². The van der Waals surface area contributed by atoms with Gasteiger partial charge in [-0.2, -0.15) is 4.98 Å². The number of hydrogen-bond acceptors (Lipinski definition) is 4. The van der Waals surface area contributed by atoms with Gasteiger partial charge in [0.2, 0.25) is 5.89 Å². The van der Waals surface area contributed by atoms with Crippen LogP contribution in [0, 0.1) is 0 Å². The minimum absolute atomic E-state index is 0.264. The summed E-state index contributed by atoms with van der Waals surface area (Å²) in [7, 11) is 0. The fourth-order valence-corrected chi connectivity index (χ4v) is 1.32. The molecule has 82 valence electrons. The van der Waals surface area contributed by atoms with Crippen molar-refractivity contribution in [3.05, 3.63) is 46.6 Å². The number of hydrogen-bond donors (Lipinski definition) is 1. The lowest BCUT2D eigenvalue weighted by Gasteiger charge is -1.95. The smallest absolute Gasteiger partial charge is 0.377 e. The fraction of sp³-hybridized carbons (Fsp3) is 0.100. The average Bonchev–Trinajstić information content (AvgIpc) is 2.70. The van der Waals surface area contributed by atoms with E-state index >= 15 is 0 Å². The third-order valence-corrected chi connectivity index (χ3v) is 2.18. The summed E-state index contributed by atoms with van der Waals surface area (Å²) in [4.78, 5) is 14.2. The van der Waals surface area contributed by atoms with Gasteiger partial charge in [-0.1, -0.05) is 23.7 Å². The fourth-order valence-electron chi connectivity index (χ4n) is 1.19. The highest BCUT2D eigenvalue weighted by Gasteiger charge is 2.12. The standard InChI is InChI=1S/C10H7ClN2O3/c11-7-3-1-6(2-4-7)5-8-12-9(10(14)15)13-16-8/h1-4H,5H2,(H,14,15). The summed E-state index contributed by atoms with van der Waals surface area (Å²) in [6.07, 6.45) is 0.386. The van der Waals surface area contributed by atoms with Crippen LogP contribution >= 0.6 is 11.6 Å². The number of carboxylic acid groups (broad SMARTS) is 1. The van der Waals surface area contributed by atoms with Gasteiger partial charge in [-0.25, -0.2) is 4.79 Å². The summed E-state index contributed by atoms with van der Waals surface area (Å²) in [5.41, 5.74) is 0.921. The summed E-state index contributed by atoms with van der Waals surface area (Å²) < 4.78 is 4.79. The second-order valence-electron chi connectivity index (χ2n) is 3.12. The first kappa shape index (κ1) is 10.6. The Bertz CT molecular complexity index is 507. The van der Waals surface area contributed by atoms with Gasteiger partial charge in [0.05, 0.1) is 6.42 Å². The largest absolute Gasteiger partial charge is 0.475 e. The Kier molecular flexibility index (Phi) is 2.87.